The monoisotopic (exact) mass is 394 g/mol. The Morgan fingerprint density at radius 1 is 1.32 bits per heavy atom. The van der Waals surface area contributed by atoms with Gasteiger partial charge in [-0.25, -0.2) is 4.98 Å². The second-order valence-electron chi connectivity index (χ2n) is 4.93. The summed E-state index contributed by atoms with van der Waals surface area (Å²) >= 11 is 13.0. The number of carbonyl (C=O) groups excluding carboxylic acids is 1. The van der Waals surface area contributed by atoms with Gasteiger partial charge in [0, 0.05) is 15.5 Å². The Kier molecular flexibility index (Phi) is 5.17. The molecule has 0 fully saturated rings. The van der Waals surface area contributed by atoms with Crippen molar-refractivity contribution in [3.05, 3.63) is 56.9 Å². The highest BCUT2D eigenvalue weighted by Gasteiger charge is 2.11. The second-order valence-corrected chi connectivity index (χ2v) is 6.78. The molecule has 2 heterocycles. The average molecular weight is 395 g/mol. The van der Waals surface area contributed by atoms with Crippen molar-refractivity contribution in [3.63, 3.8) is 0 Å². The molecule has 0 aliphatic carbocycles. The maximum Gasteiger partial charge on any atom is 0.213 e. The van der Waals surface area contributed by atoms with Gasteiger partial charge in [0.15, 0.2) is 0 Å². The second kappa shape index (κ2) is 7.35. The van der Waals surface area contributed by atoms with E-state index in [1.807, 2.05) is 0 Å². The van der Waals surface area contributed by atoms with Crippen LogP contribution in [0.1, 0.15) is 11.6 Å². The van der Waals surface area contributed by atoms with E-state index >= 15 is 0 Å². The van der Waals surface area contributed by atoms with E-state index < -0.39 is 5.97 Å². The van der Waals surface area contributed by atoms with Gasteiger partial charge in [0.1, 0.15) is 17.3 Å². The molecule has 0 atom stereocenters. The highest BCUT2D eigenvalue weighted by atomic mass is 35.5. The molecule has 3 aromatic rings. The van der Waals surface area contributed by atoms with Crippen LogP contribution in [-0.4, -0.2) is 21.2 Å². The summed E-state index contributed by atoms with van der Waals surface area (Å²) in [6.45, 7) is 1.72. The van der Waals surface area contributed by atoms with E-state index in [2.05, 4.69) is 15.2 Å². The molecule has 0 aliphatic heterocycles. The van der Waals surface area contributed by atoms with E-state index in [-0.39, 0.29) is 10.1 Å². The van der Waals surface area contributed by atoms with E-state index in [0.717, 1.165) is 11.8 Å². The van der Waals surface area contributed by atoms with Crippen molar-refractivity contribution in [2.45, 2.75) is 12.1 Å². The van der Waals surface area contributed by atoms with Crippen molar-refractivity contribution in [2.75, 3.05) is 0 Å². The smallest absolute Gasteiger partial charge is 0.213 e. The maximum atomic E-state index is 11.3. The number of nitrogens with one attached hydrogen (secondary N) is 1. The minimum absolute atomic E-state index is 0.0860. The van der Waals surface area contributed by atoms with Gasteiger partial charge in [0.25, 0.3) is 0 Å². The molecule has 1 aromatic carbocycles. The zero-order valence-electron chi connectivity index (χ0n) is 12.7. The highest BCUT2D eigenvalue weighted by molar-refractivity contribution is 8.04. The van der Waals surface area contributed by atoms with Crippen LogP contribution < -0.4 is 5.11 Å². The Bertz CT molecular complexity index is 965. The van der Waals surface area contributed by atoms with Crippen LogP contribution in [0.3, 0.4) is 0 Å². The molecule has 0 radical (unpaired) electrons. The van der Waals surface area contributed by atoms with E-state index in [1.165, 1.54) is 6.08 Å². The fourth-order valence-corrected chi connectivity index (χ4v) is 3.10. The third-order valence-corrected chi connectivity index (χ3v) is 4.51. The van der Waals surface area contributed by atoms with E-state index in [0.29, 0.717) is 33.0 Å². The molecular weight excluding hydrogens is 385 g/mol. The molecule has 1 N–H and O–H groups in total. The number of carboxylic acids is 1. The quantitative estimate of drug-likeness (QED) is 0.524. The lowest BCUT2D eigenvalue weighted by molar-refractivity contribution is -0.298. The number of aromatic nitrogens is 3. The van der Waals surface area contributed by atoms with Crippen molar-refractivity contribution < 1.29 is 14.3 Å². The van der Waals surface area contributed by atoms with Gasteiger partial charge < -0.3 is 14.3 Å². The number of aromatic amines is 1. The van der Waals surface area contributed by atoms with E-state index in [4.69, 9.17) is 27.6 Å². The van der Waals surface area contributed by atoms with Gasteiger partial charge in [-0.05, 0) is 55.1 Å². The molecule has 0 amide bonds. The first-order valence-electron chi connectivity index (χ1n) is 6.97. The standard InChI is InChI=1S/C16H11Cl2N3O3S/c1-8-19-16(21-20-8)25-14(15(22)23)7-10-3-5-13(24-10)11-6-9(17)2-4-12(11)18/h2-7H,1H3,(H,22,23)(H,19,20,21)/p-1/b14-7+. The van der Waals surface area contributed by atoms with Crippen molar-refractivity contribution in [1.82, 2.24) is 15.2 Å². The summed E-state index contributed by atoms with van der Waals surface area (Å²) in [6.07, 6.45) is 1.34. The van der Waals surface area contributed by atoms with Crippen LogP contribution >= 0.6 is 35.0 Å². The molecule has 0 saturated carbocycles. The topological polar surface area (TPSA) is 94.8 Å². The van der Waals surface area contributed by atoms with Gasteiger partial charge in [-0.1, -0.05) is 23.2 Å². The van der Waals surface area contributed by atoms with Crippen molar-refractivity contribution >= 4 is 47.0 Å². The molecule has 6 nitrogen and oxygen atoms in total. The van der Waals surface area contributed by atoms with Crippen LogP contribution in [0.15, 0.2) is 44.8 Å². The fraction of sp³-hybridized carbons (Fsp3) is 0.0625. The van der Waals surface area contributed by atoms with Crippen LogP contribution in [0.5, 0.6) is 0 Å². The average Bonchev–Trinajstić information content (AvgIpc) is 3.18. The predicted octanol–water partition coefficient (Wildman–Crippen LogP) is 3.56. The van der Waals surface area contributed by atoms with Crippen molar-refractivity contribution in [1.29, 1.82) is 0 Å². The molecule has 25 heavy (non-hydrogen) atoms. The SMILES string of the molecule is Cc1nc(S/C(=C/c2ccc(-c3cc(Cl)ccc3Cl)o2)C(=O)[O-])n[nH]1. The molecule has 0 spiro atoms. The predicted molar refractivity (Wildman–Crippen MR) is 94.1 cm³/mol. The lowest BCUT2D eigenvalue weighted by atomic mass is 10.2. The summed E-state index contributed by atoms with van der Waals surface area (Å²) in [5, 5.41) is 19.1. The fourth-order valence-electron chi connectivity index (χ4n) is 1.99. The number of aryl methyl sites for hydroxylation is 1. The van der Waals surface area contributed by atoms with Crippen LogP contribution in [-0.2, 0) is 4.79 Å². The van der Waals surface area contributed by atoms with Crippen molar-refractivity contribution in [3.8, 4) is 11.3 Å². The normalized spacial score (nSPS) is 11.7. The lowest BCUT2D eigenvalue weighted by Crippen LogP contribution is -2.23. The number of aliphatic carboxylic acids is 1. The zero-order chi connectivity index (χ0) is 18.0. The summed E-state index contributed by atoms with van der Waals surface area (Å²) in [4.78, 5) is 15.3. The van der Waals surface area contributed by atoms with Gasteiger partial charge in [0.05, 0.1) is 11.0 Å². The van der Waals surface area contributed by atoms with Gasteiger partial charge in [-0.2, -0.15) is 0 Å². The Morgan fingerprint density at radius 2 is 2.12 bits per heavy atom. The molecule has 0 saturated heterocycles. The molecule has 0 bridgehead atoms. The summed E-state index contributed by atoms with van der Waals surface area (Å²) in [5.74, 6) is 0.0162. The number of halogens is 2. The molecule has 3 rings (SSSR count). The number of thioether (sulfide) groups is 1. The molecule has 2 aromatic heterocycles. The van der Waals surface area contributed by atoms with Crippen molar-refractivity contribution in [2.24, 2.45) is 0 Å². The largest absolute Gasteiger partial charge is 0.544 e. The summed E-state index contributed by atoms with van der Waals surface area (Å²) in [7, 11) is 0. The molecule has 9 heteroatoms. The van der Waals surface area contributed by atoms with Crippen LogP contribution in [0.25, 0.3) is 17.4 Å². The minimum Gasteiger partial charge on any atom is -0.544 e. The number of nitrogens with zero attached hydrogens (tertiary/aromatic N) is 2. The Labute approximate surface area is 156 Å². The number of H-pyrrole nitrogens is 1. The number of benzene rings is 1. The molecule has 0 unspecified atom stereocenters. The first kappa shape index (κ1) is 17.6. The van der Waals surface area contributed by atoms with Crippen LogP contribution in [0.4, 0.5) is 0 Å². The van der Waals surface area contributed by atoms with Gasteiger partial charge in [-0.15, -0.1) is 5.10 Å². The number of furan rings is 1. The Balaban J connectivity index is 1.90. The van der Waals surface area contributed by atoms with Gasteiger partial charge >= 0.3 is 0 Å². The third-order valence-electron chi connectivity index (χ3n) is 3.07. The lowest BCUT2D eigenvalue weighted by Gasteiger charge is -2.04. The number of carboxylic acid groups (broad SMARTS) is 1. The van der Waals surface area contributed by atoms with E-state index in [1.54, 1.807) is 37.3 Å². The minimum atomic E-state index is -1.36. The van der Waals surface area contributed by atoms with E-state index in [9.17, 15) is 9.90 Å². The van der Waals surface area contributed by atoms with Crippen LogP contribution in [0, 0.1) is 6.92 Å². The Morgan fingerprint density at radius 3 is 2.80 bits per heavy atom. The number of hydrogen-bond acceptors (Lipinski definition) is 6. The first-order chi connectivity index (χ1) is 11.9. The third kappa shape index (κ3) is 4.25. The van der Waals surface area contributed by atoms with Crippen LogP contribution in [0.2, 0.25) is 10.0 Å². The zero-order valence-corrected chi connectivity index (χ0v) is 15.1. The highest BCUT2D eigenvalue weighted by Crippen LogP contribution is 2.33. The number of rotatable bonds is 5. The number of hydrogen-bond donors (Lipinski definition) is 1. The maximum absolute atomic E-state index is 11.3. The number of carbonyl (C=O) groups is 1. The summed E-state index contributed by atoms with van der Waals surface area (Å²) < 4.78 is 5.66. The molecule has 0 aliphatic rings. The van der Waals surface area contributed by atoms with Gasteiger partial charge in [-0.3, -0.25) is 5.10 Å². The molecular formula is C16H10Cl2N3O3S-. The first-order valence-corrected chi connectivity index (χ1v) is 8.55. The van der Waals surface area contributed by atoms with Gasteiger partial charge in [0.2, 0.25) is 5.16 Å². The Hall–Kier alpha value is -2.22. The summed E-state index contributed by atoms with van der Waals surface area (Å²) in [6, 6.07) is 8.30. The summed E-state index contributed by atoms with van der Waals surface area (Å²) in [5.41, 5.74) is 0.612. The molecule has 128 valence electrons.